The molecule has 1 amide bonds. The predicted molar refractivity (Wildman–Crippen MR) is 287 cm³/mol. The molecule has 0 aliphatic heterocycles. The van der Waals surface area contributed by atoms with Crippen LogP contribution in [-0.2, 0) is 14.3 Å². The highest BCUT2D eigenvalue weighted by atomic mass is 16.5. The Morgan fingerprint density at radius 1 is 0.409 bits per heavy atom. The molecule has 0 aromatic carbocycles. The van der Waals surface area contributed by atoms with E-state index in [1.54, 1.807) is 0 Å². The van der Waals surface area contributed by atoms with Crippen LogP contribution in [0.1, 0.15) is 335 Å². The second-order valence-corrected chi connectivity index (χ2v) is 20.7. The quantitative estimate of drug-likeness (QED) is 0.0321. The molecule has 66 heavy (non-hydrogen) atoms. The fraction of sp³-hybridized carbons (Fsp3) is 0.933. The van der Waals surface area contributed by atoms with Gasteiger partial charge in [0.2, 0.25) is 5.91 Å². The molecule has 0 aliphatic carbocycles. The standard InChI is InChI=1S/C60H117NO5/c1-3-5-7-9-11-13-15-17-19-21-22-26-30-34-38-42-46-50-54-60(65)66-55-51-47-43-39-35-31-27-23-25-29-33-37-41-45-49-53-59(64)61-57(56-62)58(63)52-48-44-40-36-32-28-24-20-18-16-14-12-10-8-6-4-2/h27,31,57-58,62-63H,3-26,28-30,32-56H2,1-2H3,(H,61,64)/b31-27-. The first-order valence-electron chi connectivity index (χ1n) is 29.9. The van der Waals surface area contributed by atoms with E-state index in [0.29, 0.717) is 25.9 Å². The van der Waals surface area contributed by atoms with Crippen LogP contribution >= 0.6 is 0 Å². The molecule has 6 nitrogen and oxygen atoms in total. The van der Waals surface area contributed by atoms with Gasteiger partial charge in [-0.2, -0.15) is 0 Å². The van der Waals surface area contributed by atoms with Crippen LogP contribution in [0.15, 0.2) is 12.2 Å². The van der Waals surface area contributed by atoms with Crippen LogP contribution in [0.3, 0.4) is 0 Å². The topological polar surface area (TPSA) is 95.9 Å². The molecule has 3 N–H and O–H groups in total. The highest BCUT2D eigenvalue weighted by Crippen LogP contribution is 2.18. The molecule has 0 aliphatic rings. The van der Waals surface area contributed by atoms with Crippen molar-refractivity contribution in [3.8, 4) is 0 Å². The second kappa shape index (κ2) is 56.2. The maximum atomic E-state index is 12.5. The van der Waals surface area contributed by atoms with Crippen molar-refractivity contribution in [2.24, 2.45) is 0 Å². The fourth-order valence-corrected chi connectivity index (χ4v) is 9.46. The number of hydrogen-bond donors (Lipinski definition) is 3. The van der Waals surface area contributed by atoms with Crippen molar-refractivity contribution in [3.63, 3.8) is 0 Å². The van der Waals surface area contributed by atoms with E-state index >= 15 is 0 Å². The summed E-state index contributed by atoms with van der Waals surface area (Å²) >= 11 is 0. The first-order valence-corrected chi connectivity index (χ1v) is 29.9. The molecule has 2 atom stereocenters. The Kier molecular flexibility index (Phi) is 55.0. The number of allylic oxidation sites excluding steroid dienone is 2. The Balaban J connectivity index is 3.44. The van der Waals surface area contributed by atoms with E-state index in [1.807, 2.05) is 0 Å². The van der Waals surface area contributed by atoms with E-state index in [2.05, 4.69) is 31.3 Å². The molecule has 0 fully saturated rings. The monoisotopic (exact) mass is 932 g/mol. The van der Waals surface area contributed by atoms with Crippen LogP contribution in [0, 0.1) is 0 Å². The van der Waals surface area contributed by atoms with Crippen LogP contribution in [0.25, 0.3) is 0 Å². The number of nitrogens with one attached hydrogen (secondary N) is 1. The molecule has 0 aromatic rings. The molecular weight excluding hydrogens is 815 g/mol. The van der Waals surface area contributed by atoms with Gasteiger partial charge in [-0.1, -0.05) is 283 Å². The number of rotatable bonds is 56. The highest BCUT2D eigenvalue weighted by molar-refractivity contribution is 5.76. The maximum absolute atomic E-state index is 12.5. The van der Waals surface area contributed by atoms with Crippen molar-refractivity contribution in [1.29, 1.82) is 0 Å². The van der Waals surface area contributed by atoms with Gasteiger partial charge in [0.15, 0.2) is 0 Å². The van der Waals surface area contributed by atoms with Gasteiger partial charge in [-0.05, 0) is 51.4 Å². The molecular formula is C60H117NO5. The van der Waals surface area contributed by atoms with Crippen molar-refractivity contribution in [3.05, 3.63) is 12.2 Å². The van der Waals surface area contributed by atoms with Gasteiger partial charge in [0.25, 0.3) is 0 Å². The number of hydrogen-bond acceptors (Lipinski definition) is 5. The van der Waals surface area contributed by atoms with E-state index in [9.17, 15) is 19.8 Å². The van der Waals surface area contributed by atoms with Gasteiger partial charge in [0.05, 0.1) is 25.4 Å². The molecule has 0 saturated carbocycles. The molecule has 2 unspecified atom stereocenters. The molecule has 0 radical (unpaired) electrons. The highest BCUT2D eigenvalue weighted by Gasteiger charge is 2.20. The van der Waals surface area contributed by atoms with Crippen molar-refractivity contribution in [1.82, 2.24) is 5.32 Å². The van der Waals surface area contributed by atoms with Crippen LogP contribution < -0.4 is 5.32 Å². The number of ether oxygens (including phenoxy) is 1. The zero-order valence-electron chi connectivity index (χ0n) is 44.7. The van der Waals surface area contributed by atoms with Crippen LogP contribution in [0.4, 0.5) is 0 Å². The van der Waals surface area contributed by atoms with Crippen molar-refractivity contribution in [2.75, 3.05) is 13.2 Å². The SMILES string of the molecule is CCCCCCCCCCCCCCCCCCCCC(=O)OCCCCCC/C=C\CCCCCCCCCC(=O)NC(CO)C(O)CCCCCCCCCCCCCCCCCC. The Morgan fingerprint density at radius 3 is 1.08 bits per heavy atom. The average molecular weight is 933 g/mol. The van der Waals surface area contributed by atoms with E-state index < -0.39 is 12.1 Å². The lowest BCUT2D eigenvalue weighted by Crippen LogP contribution is -2.45. The Bertz CT molecular complexity index is 986. The average Bonchev–Trinajstić information content (AvgIpc) is 3.32. The minimum absolute atomic E-state index is 0.00491. The summed E-state index contributed by atoms with van der Waals surface area (Å²) in [5, 5.41) is 23.3. The first kappa shape index (κ1) is 64.6. The molecule has 6 heteroatoms. The normalized spacial score (nSPS) is 12.6. The molecule has 0 saturated heterocycles. The molecule has 0 aromatic heterocycles. The number of aliphatic hydroxyl groups is 2. The number of amides is 1. The summed E-state index contributed by atoms with van der Waals surface area (Å²) in [5.41, 5.74) is 0. The summed E-state index contributed by atoms with van der Waals surface area (Å²) in [5.74, 6) is -0.0524. The fourth-order valence-electron chi connectivity index (χ4n) is 9.46. The smallest absolute Gasteiger partial charge is 0.305 e. The van der Waals surface area contributed by atoms with Gasteiger partial charge in [-0.15, -0.1) is 0 Å². The largest absolute Gasteiger partial charge is 0.466 e. The number of aliphatic hydroxyl groups excluding tert-OH is 2. The summed E-state index contributed by atoms with van der Waals surface area (Å²) < 4.78 is 5.48. The minimum atomic E-state index is -0.673. The van der Waals surface area contributed by atoms with Gasteiger partial charge < -0.3 is 20.3 Å². The van der Waals surface area contributed by atoms with Gasteiger partial charge in [-0.25, -0.2) is 0 Å². The zero-order valence-corrected chi connectivity index (χ0v) is 44.7. The van der Waals surface area contributed by atoms with E-state index in [0.717, 1.165) is 70.6 Å². The lowest BCUT2D eigenvalue weighted by atomic mass is 10.0. The second-order valence-electron chi connectivity index (χ2n) is 20.7. The zero-order chi connectivity index (χ0) is 47.9. The Labute approximate surface area is 412 Å². The lowest BCUT2D eigenvalue weighted by Gasteiger charge is -2.22. The van der Waals surface area contributed by atoms with Crippen LogP contribution in [0.2, 0.25) is 0 Å². The molecule has 0 heterocycles. The van der Waals surface area contributed by atoms with Crippen LogP contribution in [-0.4, -0.2) is 47.4 Å². The summed E-state index contributed by atoms with van der Waals surface area (Å²) in [6.07, 6.45) is 66.3. The number of unbranched alkanes of at least 4 members (excludes halogenated alkanes) is 43. The van der Waals surface area contributed by atoms with Gasteiger partial charge in [0, 0.05) is 12.8 Å². The van der Waals surface area contributed by atoms with Crippen molar-refractivity contribution >= 4 is 11.9 Å². The van der Waals surface area contributed by atoms with E-state index in [4.69, 9.17) is 4.74 Å². The predicted octanol–water partition coefficient (Wildman–Crippen LogP) is 18.5. The van der Waals surface area contributed by atoms with Gasteiger partial charge in [-0.3, -0.25) is 9.59 Å². The van der Waals surface area contributed by atoms with Gasteiger partial charge in [0.1, 0.15) is 0 Å². The number of esters is 1. The molecule has 0 bridgehead atoms. The third kappa shape index (κ3) is 52.0. The molecule has 392 valence electrons. The third-order valence-electron chi connectivity index (χ3n) is 14.1. The van der Waals surface area contributed by atoms with Crippen LogP contribution in [0.5, 0.6) is 0 Å². The first-order chi connectivity index (χ1) is 32.5. The van der Waals surface area contributed by atoms with Gasteiger partial charge >= 0.3 is 5.97 Å². The summed E-state index contributed by atoms with van der Waals surface area (Å²) in [7, 11) is 0. The molecule has 0 rings (SSSR count). The molecule has 0 spiro atoms. The summed E-state index contributed by atoms with van der Waals surface area (Å²) in [6.45, 7) is 4.95. The van der Waals surface area contributed by atoms with E-state index in [-0.39, 0.29) is 18.5 Å². The van der Waals surface area contributed by atoms with Crippen molar-refractivity contribution in [2.45, 2.75) is 347 Å². The number of carbonyl (C=O) groups excluding carboxylic acids is 2. The minimum Gasteiger partial charge on any atom is -0.466 e. The maximum Gasteiger partial charge on any atom is 0.305 e. The Morgan fingerprint density at radius 2 is 0.712 bits per heavy atom. The lowest BCUT2D eigenvalue weighted by molar-refractivity contribution is -0.143. The summed E-state index contributed by atoms with van der Waals surface area (Å²) in [6, 6.07) is -0.552. The number of carbonyl (C=O) groups is 2. The third-order valence-corrected chi connectivity index (χ3v) is 14.1. The Hall–Kier alpha value is -1.40. The summed E-state index contributed by atoms with van der Waals surface area (Å²) in [4.78, 5) is 24.6. The van der Waals surface area contributed by atoms with Crippen molar-refractivity contribution < 1.29 is 24.5 Å². The van der Waals surface area contributed by atoms with E-state index in [1.165, 1.54) is 231 Å².